The van der Waals surface area contributed by atoms with Crippen molar-refractivity contribution in [3.63, 3.8) is 0 Å². The van der Waals surface area contributed by atoms with Crippen LogP contribution in [0, 0.1) is 6.92 Å². The third-order valence-electron chi connectivity index (χ3n) is 5.09. The molecule has 4 atom stereocenters. The number of esters is 2. The Morgan fingerprint density at radius 3 is 1.85 bits per heavy atom. The van der Waals surface area contributed by atoms with Gasteiger partial charge in [-0.15, -0.1) is 0 Å². The molecule has 0 N–H and O–H groups in total. The number of benzene rings is 2. The summed E-state index contributed by atoms with van der Waals surface area (Å²) in [5.74, 6) is -1.00. The first-order chi connectivity index (χ1) is 12.4. The Kier molecular flexibility index (Phi) is 5.12. The van der Waals surface area contributed by atoms with Crippen LogP contribution in [0.4, 0.5) is 0 Å². The molecule has 0 amide bonds. The van der Waals surface area contributed by atoms with Gasteiger partial charge in [0, 0.05) is 19.8 Å². The van der Waals surface area contributed by atoms with Gasteiger partial charge in [-0.2, -0.15) is 0 Å². The van der Waals surface area contributed by atoms with Crippen LogP contribution in [0.3, 0.4) is 0 Å². The van der Waals surface area contributed by atoms with Gasteiger partial charge in [-0.25, -0.2) is 0 Å². The molecule has 4 unspecified atom stereocenters. The Morgan fingerprint density at radius 1 is 0.769 bits per heavy atom. The lowest BCUT2D eigenvalue weighted by molar-refractivity contribution is -0.169. The molecule has 0 saturated heterocycles. The minimum atomic E-state index is -0.567. The van der Waals surface area contributed by atoms with Crippen LogP contribution in [-0.4, -0.2) is 24.1 Å². The molecule has 26 heavy (non-hydrogen) atoms. The summed E-state index contributed by atoms with van der Waals surface area (Å²) in [6.07, 6.45) is -1.10. The molecule has 3 rings (SSSR count). The number of hydrogen-bond donors (Lipinski definition) is 0. The van der Waals surface area contributed by atoms with E-state index >= 15 is 0 Å². The van der Waals surface area contributed by atoms with Crippen molar-refractivity contribution >= 4 is 11.9 Å². The molecule has 1 aliphatic rings. The van der Waals surface area contributed by atoms with Crippen molar-refractivity contribution < 1.29 is 19.1 Å². The van der Waals surface area contributed by atoms with Gasteiger partial charge in [0.1, 0.15) is 12.2 Å². The van der Waals surface area contributed by atoms with Crippen molar-refractivity contribution in [2.24, 2.45) is 0 Å². The second kappa shape index (κ2) is 7.32. The molecule has 0 aromatic heterocycles. The molecule has 4 heteroatoms. The molecule has 0 fully saturated rings. The van der Waals surface area contributed by atoms with E-state index in [2.05, 4.69) is 12.1 Å². The number of ether oxygens (including phenoxy) is 2. The minimum Gasteiger partial charge on any atom is -0.458 e. The maximum Gasteiger partial charge on any atom is 0.303 e. The van der Waals surface area contributed by atoms with Crippen LogP contribution in [0.5, 0.6) is 0 Å². The quantitative estimate of drug-likeness (QED) is 0.780. The number of hydrogen-bond acceptors (Lipinski definition) is 4. The molecule has 2 aromatic rings. The zero-order valence-corrected chi connectivity index (χ0v) is 15.6. The van der Waals surface area contributed by atoms with E-state index in [0.29, 0.717) is 0 Å². The van der Waals surface area contributed by atoms with E-state index in [1.54, 1.807) is 0 Å². The summed E-state index contributed by atoms with van der Waals surface area (Å²) in [6, 6.07) is 16.2. The fraction of sp³-hybridized carbons (Fsp3) is 0.364. The Labute approximate surface area is 154 Å². The number of carbonyl (C=O) groups excluding carboxylic acids is 2. The highest BCUT2D eigenvalue weighted by Crippen LogP contribution is 2.45. The van der Waals surface area contributed by atoms with Gasteiger partial charge in [-0.3, -0.25) is 9.59 Å². The number of rotatable bonds is 3. The zero-order chi connectivity index (χ0) is 18.8. The predicted octanol–water partition coefficient (Wildman–Crippen LogP) is 4.11. The van der Waals surface area contributed by atoms with Crippen molar-refractivity contribution in [1.82, 2.24) is 0 Å². The molecule has 0 heterocycles. The third kappa shape index (κ3) is 3.36. The van der Waals surface area contributed by atoms with Gasteiger partial charge >= 0.3 is 11.9 Å². The first kappa shape index (κ1) is 18.2. The second-order valence-electron chi connectivity index (χ2n) is 6.90. The lowest BCUT2D eigenvalue weighted by Crippen LogP contribution is -2.46. The lowest BCUT2D eigenvalue weighted by atomic mass is 9.70. The average Bonchev–Trinajstić information content (AvgIpc) is 2.59. The summed E-state index contributed by atoms with van der Waals surface area (Å²) in [6.45, 7) is 6.84. The third-order valence-corrected chi connectivity index (χ3v) is 5.09. The normalized spacial score (nSPS) is 24.5. The van der Waals surface area contributed by atoms with Gasteiger partial charge in [-0.1, -0.05) is 55.5 Å². The van der Waals surface area contributed by atoms with Crippen molar-refractivity contribution in [2.45, 2.75) is 51.7 Å². The van der Waals surface area contributed by atoms with Gasteiger partial charge in [-0.05, 0) is 29.2 Å². The molecule has 0 saturated carbocycles. The molecule has 0 bridgehead atoms. The zero-order valence-electron chi connectivity index (χ0n) is 15.6. The molecular formula is C22H24O4. The summed E-state index contributed by atoms with van der Waals surface area (Å²) in [7, 11) is 0. The molecule has 2 aromatic carbocycles. The maximum atomic E-state index is 11.9. The minimum absolute atomic E-state index is 0.0697. The van der Waals surface area contributed by atoms with Crippen LogP contribution >= 0.6 is 0 Å². The number of aryl methyl sites for hydroxylation is 1. The first-order valence-corrected chi connectivity index (χ1v) is 8.89. The van der Waals surface area contributed by atoms with E-state index in [9.17, 15) is 9.59 Å². The molecule has 0 spiro atoms. The van der Waals surface area contributed by atoms with Gasteiger partial charge in [0.15, 0.2) is 0 Å². The van der Waals surface area contributed by atoms with Crippen LogP contribution in [0.15, 0.2) is 48.5 Å². The highest BCUT2D eigenvalue weighted by molar-refractivity contribution is 5.68. The van der Waals surface area contributed by atoms with Crippen LogP contribution in [0.25, 0.3) is 0 Å². The van der Waals surface area contributed by atoms with E-state index in [1.807, 2.05) is 50.2 Å². The Balaban J connectivity index is 2.21. The van der Waals surface area contributed by atoms with Gasteiger partial charge in [0.2, 0.25) is 0 Å². The van der Waals surface area contributed by atoms with Gasteiger partial charge in [0.25, 0.3) is 0 Å². The predicted molar refractivity (Wildman–Crippen MR) is 99.0 cm³/mol. The van der Waals surface area contributed by atoms with Crippen molar-refractivity contribution in [2.75, 3.05) is 0 Å². The fourth-order valence-corrected chi connectivity index (χ4v) is 4.00. The molecule has 0 aliphatic heterocycles. The van der Waals surface area contributed by atoms with E-state index in [0.717, 1.165) is 22.3 Å². The SMILES string of the molecule is CC(=O)OC1C(C)c2ccccc2C(c2ccccc2C)C1OC(C)=O. The van der Waals surface area contributed by atoms with Crippen LogP contribution in [-0.2, 0) is 19.1 Å². The summed E-state index contributed by atoms with van der Waals surface area (Å²) in [4.78, 5) is 23.6. The van der Waals surface area contributed by atoms with Gasteiger partial charge in [0.05, 0.1) is 5.92 Å². The summed E-state index contributed by atoms with van der Waals surface area (Å²) in [5.41, 5.74) is 4.43. The van der Waals surface area contributed by atoms with Crippen LogP contribution in [0.2, 0.25) is 0 Å². The lowest BCUT2D eigenvalue weighted by Gasteiger charge is -2.42. The van der Waals surface area contributed by atoms with Crippen molar-refractivity contribution in [1.29, 1.82) is 0 Å². The highest BCUT2D eigenvalue weighted by atomic mass is 16.6. The average molecular weight is 352 g/mol. The molecule has 4 nitrogen and oxygen atoms in total. The Bertz CT molecular complexity index is 826. The smallest absolute Gasteiger partial charge is 0.303 e. The number of fused-ring (bicyclic) bond motifs is 1. The van der Waals surface area contributed by atoms with Crippen LogP contribution < -0.4 is 0 Å². The van der Waals surface area contributed by atoms with E-state index < -0.39 is 12.2 Å². The van der Waals surface area contributed by atoms with Gasteiger partial charge < -0.3 is 9.47 Å². The van der Waals surface area contributed by atoms with E-state index in [-0.39, 0.29) is 23.8 Å². The molecule has 1 aliphatic carbocycles. The van der Waals surface area contributed by atoms with E-state index in [4.69, 9.17) is 9.47 Å². The number of carbonyl (C=O) groups is 2. The summed E-state index contributed by atoms with van der Waals surface area (Å²) >= 11 is 0. The highest BCUT2D eigenvalue weighted by Gasteiger charge is 2.45. The largest absolute Gasteiger partial charge is 0.458 e. The van der Waals surface area contributed by atoms with Crippen molar-refractivity contribution in [3.05, 3.63) is 70.8 Å². The standard InChI is InChI=1S/C22H24O4/c1-13-9-5-6-10-17(13)20-19-12-8-7-11-18(19)14(2)21(25-15(3)23)22(20)26-16(4)24/h5-12,14,20-22H,1-4H3. The summed E-state index contributed by atoms with van der Waals surface area (Å²) < 4.78 is 11.4. The second-order valence-corrected chi connectivity index (χ2v) is 6.90. The fourth-order valence-electron chi connectivity index (χ4n) is 4.00. The Morgan fingerprint density at radius 2 is 1.27 bits per heavy atom. The molecule has 0 radical (unpaired) electrons. The molecular weight excluding hydrogens is 328 g/mol. The monoisotopic (exact) mass is 352 g/mol. The van der Waals surface area contributed by atoms with E-state index in [1.165, 1.54) is 13.8 Å². The summed E-state index contributed by atoms with van der Waals surface area (Å²) in [5, 5.41) is 0. The topological polar surface area (TPSA) is 52.6 Å². The maximum absolute atomic E-state index is 11.9. The molecule has 136 valence electrons. The first-order valence-electron chi connectivity index (χ1n) is 8.89. The van der Waals surface area contributed by atoms with Crippen molar-refractivity contribution in [3.8, 4) is 0 Å². The van der Waals surface area contributed by atoms with Crippen LogP contribution in [0.1, 0.15) is 54.9 Å². The Hall–Kier alpha value is -2.62.